The van der Waals surface area contributed by atoms with Crippen LogP contribution in [0, 0.1) is 6.92 Å². The molecule has 0 aliphatic heterocycles. The molecule has 1 amide bonds. The van der Waals surface area contributed by atoms with E-state index in [1.807, 2.05) is 32.0 Å². The van der Waals surface area contributed by atoms with Gasteiger partial charge in [-0.05, 0) is 49.7 Å². The fraction of sp³-hybridized carbons (Fsp3) is 0.188. The Balaban J connectivity index is 2.36. The van der Waals surface area contributed by atoms with Gasteiger partial charge in [0.1, 0.15) is 5.75 Å². The number of aromatic hydroxyl groups is 1. The maximum atomic E-state index is 12.6. The van der Waals surface area contributed by atoms with Crippen LogP contribution in [0.15, 0.2) is 46.9 Å². The Morgan fingerprint density at radius 1 is 1.25 bits per heavy atom. The molecule has 2 aromatic rings. The van der Waals surface area contributed by atoms with Crippen LogP contribution in [0.3, 0.4) is 0 Å². The number of carbonyl (C=O) groups is 1. The summed E-state index contributed by atoms with van der Waals surface area (Å²) in [5.74, 6) is 0.0782. The van der Waals surface area contributed by atoms with Crippen molar-refractivity contribution in [3.8, 4) is 5.75 Å². The van der Waals surface area contributed by atoms with Gasteiger partial charge in [0.15, 0.2) is 0 Å². The average Bonchev–Trinajstić information content (AvgIpc) is 2.42. The summed E-state index contributed by atoms with van der Waals surface area (Å²) in [6.07, 6.45) is 0. The highest BCUT2D eigenvalue weighted by Crippen LogP contribution is 2.23. The number of carbonyl (C=O) groups excluding carboxylic acids is 1. The molecule has 2 aromatic carbocycles. The fourth-order valence-electron chi connectivity index (χ4n) is 2.04. The second-order valence-corrected chi connectivity index (χ2v) is 5.39. The minimum absolute atomic E-state index is 0.0753. The van der Waals surface area contributed by atoms with Crippen molar-refractivity contribution >= 4 is 27.5 Å². The molecule has 0 bridgehead atoms. The van der Waals surface area contributed by atoms with Gasteiger partial charge in [-0.15, -0.1) is 0 Å². The topological polar surface area (TPSA) is 40.5 Å². The maximum Gasteiger partial charge on any atom is 0.258 e. The van der Waals surface area contributed by atoms with Crippen molar-refractivity contribution in [3.63, 3.8) is 0 Å². The minimum Gasteiger partial charge on any atom is -0.508 e. The second-order valence-electron chi connectivity index (χ2n) is 4.53. The molecule has 0 atom stereocenters. The lowest BCUT2D eigenvalue weighted by molar-refractivity contribution is 0.0988. The molecule has 0 unspecified atom stereocenters. The lowest BCUT2D eigenvalue weighted by atomic mass is 10.1. The van der Waals surface area contributed by atoms with Gasteiger partial charge in [-0.1, -0.05) is 22.0 Å². The zero-order valence-electron chi connectivity index (χ0n) is 11.4. The first-order chi connectivity index (χ1) is 9.52. The number of hydrogen-bond acceptors (Lipinski definition) is 2. The van der Waals surface area contributed by atoms with Crippen LogP contribution in [0.4, 0.5) is 5.69 Å². The molecule has 0 saturated heterocycles. The van der Waals surface area contributed by atoms with Gasteiger partial charge in [0.25, 0.3) is 5.91 Å². The van der Waals surface area contributed by atoms with Crippen LogP contribution in [-0.2, 0) is 0 Å². The molecule has 0 aliphatic carbocycles. The van der Waals surface area contributed by atoms with Crippen LogP contribution >= 0.6 is 15.9 Å². The third kappa shape index (κ3) is 3.02. The van der Waals surface area contributed by atoms with E-state index in [0.717, 1.165) is 10.0 Å². The summed E-state index contributed by atoms with van der Waals surface area (Å²) in [7, 11) is 0. The Morgan fingerprint density at radius 2 is 2.00 bits per heavy atom. The first-order valence-corrected chi connectivity index (χ1v) is 7.19. The van der Waals surface area contributed by atoms with Gasteiger partial charge in [0, 0.05) is 28.3 Å². The zero-order valence-corrected chi connectivity index (χ0v) is 13.0. The number of benzene rings is 2. The van der Waals surface area contributed by atoms with Gasteiger partial charge in [0.05, 0.1) is 0 Å². The number of amides is 1. The summed E-state index contributed by atoms with van der Waals surface area (Å²) in [4.78, 5) is 14.2. The van der Waals surface area contributed by atoms with Crippen LogP contribution in [0.5, 0.6) is 5.75 Å². The normalized spacial score (nSPS) is 10.3. The molecule has 104 valence electrons. The smallest absolute Gasteiger partial charge is 0.258 e. The van der Waals surface area contributed by atoms with Gasteiger partial charge in [-0.2, -0.15) is 0 Å². The molecule has 0 saturated carbocycles. The van der Waals surface area contributed by atoms with Crippen LogP contribution in [0.2, 0.25) is 0 Å². The van der Waals surface area contributed by atoms with Gasteiger partial charge >= 0.3 is 0 Å². The number of anilines is 1. The Hall–Kier alpha value is -1.81. The van der Waals surface area contributed by atoms with E-state index < -0.39 is 0 Å². The quantitative estimate of drug-likeness (QED) is 0.917. The van der Waals surface area contributed by atoms with Gasteiger partial charge in [-0.25, -0.2) is 0 Å². The zero-order chi connectivity index (χ0) is 14.7. The molecule has 2 rings (SSSR count). The number of phenolic OH excluding ortho intramolecular Hbond substituents is 1. The summed E-state index contributed by atoms with van der Waals surface area (Å²) in [5.41, 5.74) is 2.34. The van der Waals surface area contributed by atoms with E-state index >= 15 is 0 Å². The first-order valence-electron chi connectivity index (χ1n) is 6.40. The Morgan fingerprint density at radius 3 is 2.60 bits per heavy atom. The van der Waals surface area contributed by atoms with Crippen molar-refractivity contribution in [2.45, 2.75) is 13.8 Å². The summed E-state index contributed by atoms with van der Waals surface area (Å²) in [5, 5.41) is 9.55. The Labute approximate surface area is 127 Å². The largest absolute Gasteiger partial charge is 0.508 e. The van der Waals surface area contributed by atoms with E-state index in [2.05, 4.69) is 15.9 Å². The highest BCUT2D eigenvalue weighted by molar-refractivity contribution is 9.10. The van der Waals surface area contributed by atoms with E-state index in [0.29, 0.717) is 17.8 Å². The molecule has 1 N–H and O–H groups in total. The van der Waals surface area contributed by atoms with Crippen molar-refractivity contribution in [1.29, 1.82) is 0 Å². The molecule has 4 heteroatoms. The average molecular weight is 334 g/mol. The lowest BCUT2D eigenvalue weighted by Crippen LogP contribution is -2.30. The summed E-state index contributed by atoms with van der Waals surface area (Å²) < 4.78 is 0.981. The highest BCUT2D eigenvalue weighted by Gasteiger charge is 2.16. The van der Waals surface area contributed by atoms with Crippen molar-refractivity contribution in [2.24, 2.45) is 0 Å². The van der Waals surface area contributed by atoms with Gasteiger partial charge in [-0.3, -0.25) is 4.79 Å². The first kappa shape index (κ1) is 14.6. The van der Waals surface area contributed by atoms with Crippen molar-refractivity contribution in [1.82, 2.24) is 0 Å². The molecule has 3 nitrogen and oxygen atoms in total. The molecule has 20 heavy (non-hydrogen) atoms. The third-order valence-corrected chi connectivity index (χ3v) is 4.00. The monoisotopic (exact) mass is 333 g/mol. The van der Waals surface area contributed by atoms with E-state index in [-0.39, 0.29) is 11.7 Å². The molecule has 0 spiro atoms. The number of rotatable bonds is 3. The maximum absolute atomic E-state index is 12.6. The predicted octanol–water partition coefficient (Wildman–Crippen LogP) is 4.13. The standard InChI is InChI=1S/C16H16BrNO2/c1-3-18(13-5-4-6-14(19)10-13)16(20)12-7-8-15(17)11(2)9-12/h4-10,19H,3H2,1-2H3. The molecule has 0 fully saturated rings. The van der Waals surface area contributed by atoms with Crippen LogP contribution in [0.25, 0.3) is 0 Å². The van der Waals surface area contributed by atoms with Crippen molar-refractivity contribution in [2.75, 3.05) is 11.4 Å². The fourth-order valence-corrected chi connectivity index (χ4v) is 2.28. The highest BCUT2D eigenvalue weighted by atomic mass is 79.9. The Bertz CT molecular complexity index is 640. The van der Waals surface area contributed by atoms with Crippen molar-refractivity contribution < 1.29 is 9.90 Å². The number of nitrogens with zero attached hydrogens (tertiary/aromatic N) is 1. The van der Waals surface area contributed by atoms with Crippen LogP contribution < -0.4 is 4.90 Å². The lowest BCUT2D eigenvalue weighted by Gasteiger charge is -2.21. The minimum atomic E-state index is -0.0753. The van der Waals surface area contributed by atoms with E-state index in [1.165, 1.54) is 0 Å². The predicted molar refractivity (Wildman–Crippen MR) is 84.3 cm³/mol. The third-order valence-electron chi connectivity index (χ3n) is 3.11. The van der Waals surface area contributed by atoms with E-state index in [9.17, 15) is 9.90 Å². The van der Waals surface area contributed by atoms with E-state index in [4.69, 9.17) is 0 Å². The molecular weight excluding hydrogens is 318 g/mol. The molecule has 0 aromatic heterocycles. The summed E-state index contributed by atoms with van der Waals surface area (Å²) in [6.45, 7) is 4.40. The van der Waals surface area contributed by atoms with E-state index in [1.54, 1.807) is 29.2 Å². The summed E-state index contributed by atoms with van der Waals surface area (Å²) >= 11 is 3.43. The molecule has 0 radical (unpaired) electrons. The van der Waals surface area contributed by atoms with Gasteiger partial charge < -0.3 is 10.0 Å². The van der Waals surface area contributed by atoms with Gasteiger partial charge in [0.2, 0.25) is 0 Å². The molecule has 0 heterocycles. The second kappa shape index (κ2) is 6.09. The van der Waals surface area contributed by atoms with Crippen LogP contribution in [-0.4, -0.2) is 17.6 Å². The molecule has 0 aliphatic rings. The van der Waals surface area contributed by atoms with Crippen molar-refractivity contribution in [3.05, 3.63) is 58.1 Å². The summed E-state index contributed by atoms with van der Waals surface area (Å²) in [6, 6.07) is 12.3. The number of aryl methyl sites for hydroxylation is 1. The number of phenols is 1. The SMILES string of the molecule is CCN(C(=O)c1ccc(Br)c(C)c1)c1cccc(O)c1. The van der Waals surface area contributed by atoms with Crippen LogP contribution in [0.1, 0.15) is 22.8 Å². The Kier molecular flexibility index (Phi) is 4.45. The number of hydrogen-bond donors (Lipinski definition) is 1. The number of halogens is 1. The molecular formula is C16H16BrNO2.